The van der Waals surface area contributed by atoms with Gasteiger partial charge in [-0.3, -0.25) is 0 Å². The van der Waals surface area contributed by atoms with Gasteiger partial charge in [-0.15, -0.1) is 0 Å². The normalized spacial score (nSPS) is 23.9. The van der Waals surface area contributed by atoms with Gasteiger partial charge in [0.15, 0.2) is 4.77 Å². The van der Waals surface area contributed by atoms with E-state index in [-0.39, 0.29) is 0 Å². The van der Waals surface area contributed by atoms with Crippen molar-refractivity contribution in [1.82, 2.24) is 9.55 Å². The van der Waals surface area contributed by atoms with E-state index in [2.05, 4.69) is 9.55 Å². The van der Waals surface area contributed by atoms with Crippen LogP contribution in [0.25, 0.3) is 11.0 Å². The molecule has 0 unspecified atom stereocenters. The fourth-order valence-corrected chi connectivity index (χ4v) is 3.04. The number of hydrogen-bond donors (Lipinski definition) is 1. The number of nitrogens with zero attached hydrogens (tertiary/aromatic N) is 1. The summed E-state index contributed by atoms with van der Waals surface area (Å²) < 4.78 is 8.18. The number of fused-ring (bicyclic) bond motifs is 1. The summed E-state index contributed by atoms with van der Waals surface area (Å²) in [7, 11) is 1.75. The quantitative estimate of drug-likeness (QED) is 0.842. The molecule has 0 amide bonds. The van der Waals surface area contributed by atoms with Crippen LogP contribution in [0.15, 0.2) is 18.2 Å². The highest BCUT2D eigenvalue weighted by molar-refractivity contribution is 7.71. The second-order valence-electron chi connectivity index (χ2n) is 4.42. The molecule has 17 heavy (non-hydrogen) atoms. The molecule has 0 saturated heterocycles. The van der Waals surface area contributed by atoms with Crippen LogP contribution in [0.2, 0.25) is 5.02 Å². The maximum Gasteiger partial charge on any atom is 0.178 e. The number of aromatic amines is 1. The Balaban J connectivity index is 2.10. The van der Waals surface area contributed by atoms with Crippen molar-refractivity contribution in [3.63, 3.8) is 0 Å². The Bertz CT molecular complexity index is 612. The lowest BCUT2D eigenvalue weighted by molar-refractivity contribution is 0.00698. The first kappa shape index (κ1) is 11.3. The Kier molecular flexibility index (Phi) is 2.73. The molecular weight excluding hydrogens is 256 g/mol. The number of nitrogens with one attached hydrogen (secondary N) is 1. The molecule has 0 aliphatic heterocycles. The topological polar surface area (TPSA) is 29.9 Å². The largest absolute Gasteiger partial charge is 0.381 e. The SMILES string of the molecule is COC1CC(n2c(=S)[nH]c3cccc(Cl)c32)C1. The van der Waals surface area contributed by atoms with Crippen LogP contribution in [0.4, 0.5) is 0 Å². The number of rotatable bonds is 2. The summed E-state index contributed by atoms with van der Waals surface area (Å²) in [5, 5.41) is 0.746. The minimum absolute atomic E-state index is 0.356. The zero-order valence-corrected chi connectivity index (χ0v) is 11.0. The minimum atomic E-state index is 0.356. The zero-order chi connectivity index (χ0) is 12.0. The highest BCUT2D eigenvalue weighted by Crippen LogP contribution is 2.38. The van der Waals surface area contributed by atoms with Gasteiger partial charge in [0, 0.05) is 13.2 Å². The molecule has 90 valence electrons. The molecule has 1 N–H and O–H groups in total. The standard InChI is InChI=1S/C12H13ClN2OS/c1-16-8-5-7(6-8)15-11-9(13)3-2-4-10(11)14-12(15)17/h2-4,7-8H,5-6H2,1H3,(H,14,17). The predicted octanol–water partition coefficient (Wildman–Crippen LogP) is 3.70. The lowest BCUT2D eigenvalue weighted by Gasteiger charge is -2.35. The van der Waals surface area contributed by atoms with Gasteiger partial charge in [-0.25, -0.2) is 0 Å². The molecule has 1 heterocycles. The molecule has 1 aromatic carbocycles. The molecule has 0 atom stereocenters. The molecule has 3 rings (SSSR count). The number of methoxy groups -OCH3 is 1. The van der Waals surface area contributed by atoms with Gasteiger partial charge in [0.2, 0.25) is 0 Å². The highest BCUT2D eigenvalue weighted by Gasteiger charge is 2.32. The highest BCUT2D eigenvalue weighted by atomic mass is 35.5. The van der Waals surface area contributed by atoms with E-state index in [0.717, 1.165) is 33.7 Å². The molecule has 1 aliphatic rings. The van der Waals surface area contributed by atoms with E-state index in [1.54, 1.807) is 7.11 Å². The fraction of sp³-hybridized carbons (Fsp3) is 0.417. The molecule has 0 bridgehead atoms. The van der Waals surface area contributed by atoms with E-state index in [1.807, 2.05) is 18.2 Å². The maximum absolute atomic E-state index is 6.25. The number of imidazole rings is 1. The molecule has 3 nitrogen and oxygen atoms in total. The van der Waals surface area contributed by atoms with E-state index < -0.39 is 0 Å². The average molecular weight is 269 g/mol. The van der Waals surface area contributed by atoms with Gasteiger partial charge in [0.1, 0.15) is 0 Å². The fourth-order valence-electron chi connectivity index (χ4n) is 2.43. The molecule has 1 fully saturated rings. The third-order valence-electron chi connectivity index (χ3n) is 3.46. The summed E-state index contributed by atoms with van der Waals surface area (Å²) >= 11 is 11.6. The van der Waals surface area contributed by atoms with Crippen molar-refractivity contribution in [2.45, 2.75) is 25.0 Å². The summed E-state index contributed by atoms with van der Waals surface area (Å²) in [6, 6.07) is 6.23. The van der Waals surface area contributed by atoms with Gasteiger partial charge >= 0.3 is 0 Å². The van der Waals surface area contributed by atoms with Crippen LogP contribution in [0, 0.1) is 4.77 Å². The Hall–Kier alpha value is -0.840. The number of benzene rings is 1. The third-order valence-corrected chi connectivity index (χ3v) is 4.06. The number of hydrogen-bond acceptors (Lipinski definition) is 2. The second-order valence-corrected chi connectivity index (χ2v) is 5.21. The van der Waals surface area contributed by atoms with Crippen LogP contribution < -0.4 is 0 Å². The first-order valence-corrected chi connectivity index (χ1v) is 6.41. The summed E-state index contributed by atoms with van der Waals surface area (Å²) in [6.45, 7) is 0. The molecule has 0 radical (unpaired) electrons. The zero-order valence-electron chi connectivity index (χ0n) is 9.44. The van der Waals surface area contributed by atoms with Crippen LogP contribution in [-0.2, 0) is 4.74 Å². The van der Waals surface area contributed by atoms with Crippen molar-refractivity contribution in [1.29, 1.82) is 0 Å². The van der Waals surface area contributed by atoms with Gasteiger partial charge in [-0.2, -0.15) is 0 Å². The second kappa shape index (κ2) is 4.12. The molecule has 1 aromatic heterocycles. The molecule has 2 aromatic rings. The van der Waals surface area contributed by atoms with Crippen molar-refractivity contribution in [3.8, 4) is 0 Å². The van der Waals surface area contributed by atoms with Crippen LogP contribution in [-0.4, -0.2) is 22.8 Å². The number of ether oxygens (including phenoxy) is 1. The van der Waals surface area contributed by atoms with Crippen LogP contribution in [0.3, 0.4) is 0 Å². The van der Waals surface area contributed by atoms with Crippen LogP contribution in [0.1, 0.15) is 18.9 Å². The van der Waals surface area contributed by atoms with Crippen LogP contribution >= 0.6 is 23.8 Å². The number of H-pyrrole nitrogens is 1. The maximum atomic E-state index is 6.25. The lowest BCUT2D eigenvalue weighted by Crippen LogP contribution is -2.32. The predicted molar refractivity (Wildman–Crippen MR) is 71.2 cm³/mol. The van der Waals surface area contributed by atoms with Gasteiger partial charge in [-0.05, 0) is 37.2 Å². The molecule has 1 aliphatic carbocycles. The summed E-state index contributed by atoms with van der Waals surface area (Å²) in [4.78, 5) is 3.20. The van der Waals surface area contributed by atoms with E-state index in [1.165, 1.54) is 0 Å². The van der Waals surface area contributed by atoms with E-state index in [0.29, 0.717) is 12.1 Å². The Morgan fingerprint density at radius 3 is 2.94 bits per heavy atom. The van der Waals surface area contributed by atoms with Gasteiger partial charge in [0.05, 0.1) is 22.2 Å². The smallest absolute Gasteiger partial charge is 0.178 e. The Morgan fingerprint density at radius 2 is 2.24 bits per heavy atom. The first-order chi connectivity index (χ1) is 8.20. The van der Waals surface area contributed by atoms with E-state index in [4.69, 9.17) is 28.6 Å². The average Bonchev–Trinajstić information content (AvgIpc) is 2.56. The Morgan fingerprint density at radius 1 is 1.47 bits per heavy atom. The monoisotopic (exact) mass is 268 g/mol. The molecule has 0 spiro atoms. The number of halogens is 1. The minimum Gasteiger partial charge on any atom is -0.381 e. The number of para-hydroxylation sites is 1. The van der Waals surface area contributed by atoms with Crippen molar-refractivity contribution in [2.75, 3.05) is 7.11 Å². The molecular formula is C12H13ClN2OS. The van der Waals surface area contributed by atoms with Gasteiger partial charge in [0.25, 0.3) is 0 Å². The van der Waals surface area contributed by atoms with E-state index >= 15 is 0 Å². The Labute approximate surface area is 109 Å². The van der Waals surface area contributed by atoms with Crippen molar-refractivity contribution in [3.05, 3.63) is 28.0 Å². The molecule has 1 saturated carbocycles. The lowest BCUT2D eigenvalue weighted by atomic mass is 9.89. The van der Waals surface area contributed by atoms with E-state index in [9.17, 15) is 0 Å². The van der Waals surface area contributed by atoms with Crippen molar-refractivity contribution >= 4 is 34.9 Å². The molecule has 5 heteroatoms. The van der Waals surface area contributed by atoms with Gasteiger partial charge in [-0.1, -0.05) is 17.7 Å². The summed E-state index contributed by atoms with van der Waals surface area (Å²) in [5.74, 6) is 0. The number of aromatic nitrogens is 2. The summed E-state index contributed by atoms with van der Waals surface area (Å²) in [5.41, 5.74) is 2.02. The van der Waals surface area contributed by atoms with Crippen LogP contribution in [0.5, 0.6) is 0 Å². The van der Waals surface area contributed by atoms with Gasteiger partial charge < -0.3 is 14.3 Å². The third kappa shape index (κ3) is 1.71. The van der Waals surface area contributed by atoms with Crippen molar-refractivity contribution in [2.24, 2.45) is 0 Å². The first-order valence-electron chi connectivity index (χ1n) is 5.62. The van der Waals surface area contributed by atoms with Crippen molar-refractivity contribution < 1.29 is 4.74 Å². The summed E-state index contributed by atoms with van der Waals surface area (Å²) in [6.07, 6.45) is 2.36.